The van der Waals surface area contributed by atoms with Crippen molar-refractivity contribution in [3.05, 3.63) is 64.9 Å². The van der Waals surface area contributed by atoms with Crippen LogP contribution in [0, 0.1) is 6.92 Å². The van der Waals surface area contributed by atoms with Gasteiger partial charge in [0.2, 0.25) is 5.89 Å². The lowest BCUT2D eigenvalue weighted by atomic mass is 9.94. The molecule has 1 aromatic heterocycles. The number of nitrogens with zero attached hydrogens (tertiary/aromatic N) is 1. The first-order chi connectivity index (χ1) is 17.4. The minimum Gasteiger partial charge on any atom is -0.443 e. The number of rotatable bonds is 5. The molecule has 0 radical (unpaired) electrons. The number of fused-ring (bicyclic) bond motifs is 2. The largest absolute Gasteiger partial charge is 0.443 e. The fraction of sp³-hybridized carbons (Fsp3) is 0.552. The predicted molar refractivity (Wildman–Crippen MR) is 143 cm³/mol. The summed E-state index contributed by atoms with van der Waals surface area (Å²) in [5.74, 6) is 0.956. The molecule has 2 bridgehead atoms. The van der Waals surface area contributed by atoms with Gasteiger partial charge in [-0.1, -0.05) is 32.9 Å². The number of aromatic nitrogens is 1. The fourth-order valence-electron chi connectivity index (χ4n) is 4.04. The number of hydrogen-bond donors (Lipinski definition) is 3. The number of amides is 1. The number of carbonyl (C=O) groups excluding carboxylic acids is 2. The molecule has 0 saturated heterocycles. The first-order valence-corrected chi connectivity index (χ1v) is 13.0. The number of carbonyl (C=O) groups is 2. The minimum atomic E-state index is -0.953. The van der Waals surface area contributed by atoms with Gasteiger partial charge in [0.1, 0.15) is 5.76 Å². The van der Waals surface area contributed by atoms with Crippen LogP contribution in [0.1, 0.15) is 91.8 Å². The number of ketones is 1. The van der Waals surface area contributed by atoms with Crippen LogP contribution in [0.3, 0.4) is 0 Å². The number of nitrogens with one attached hydrogen (secondary N) is 2. The summed E-state index contributed by atoms with van der Waals surface area (Å²) in [4.78, 5) is 30.3. The third kappa shape index (κ3) is 8.09. The number of hydrogen-bond acceptors (Lipinski definition) is 7. The molecule has 2 aromatic rings. The van der Waals surface area contributed by atoms with Gasteiger partial charge >= 0.3 is 0 Å². The van der Waals surface area contributed by atoms with Gasteiger partial charge < -0.3 is 24.9 Å². The summed E-state index contributed by atoms with van der Waals surface area (Å²) < 4.78 is 11.8. The van der Waals surface area contributed by atoms with E-state index in [1.807, 2.05) is 39.0 Å². The lowest BCUT2D eigenvalue weighted by molar-refractivity contribution is 0.0479. The van der Waals surface area contributed by atoms with Crippen LogP contribution in [0.15, 0.2) is 41.0 Å². The highest BCUT2D eigenvalue weighted by Gasteiger charge is 2.31. The molecule has 8 heteroatoms. The van der Waals surface area contributed by atoms with Gasteiger partial charge in [0.05, 0.1) is 37.1 Å². The van der Waals surface area contributed by atoms with E-state index in [0.717, 1.165) is 24.2 Å². The summed E-state index contributed by atoms with van der Waals surface area (Å²) in [7, 11) is 0. The molecular weight excluding hydrogens is 470 g/mol. The van der Waals surface area contributed by atoms with E-state index in [9.17, 15) is 14.7 Å². The van der Waals surface area contributed by atoms with Crippen molar-refractivity contribution in [2.45, 2.75) is 83.9 Å². The van der Waals surface area contributed by atoms with Crippen molar-refractivity contribution in [2.75, 3.05) is 19.8 Å². The third-order valence-corrected chi connectivity index (χ3v) is 6.43. The average Bonchev–Trinajstić information content (AvgIpc) is 3.34. The molecule has 1 aliphatic heterocycles. The van der Waals surface area contributed by atoms with E-state index in [4.69, 9.17) is 9.15 Å². The van der Waals surface area contributed by atoms with Crippen molar-refractivity contribution in [3.63, 3.8) is 0 Å². The molecule has 0 aliphatic carbocycles. The molecule has 8 nitrogen and oxygen atoms in total. The Bertz CT molecular complexity index is 1110. The predicted octanol–water partition coefficient (Wildman–Crippen LogP) is 4.20. The second-order valence-electron chi connectivity index (χ2n) is 11.3. The van der Waals surface area contributed by atoms with Crippen LogP contribution >= 0.6 is 0 Å². The molecule has 0 fully saturated rings. The highest BCUT2D eigenvalue weighted by molar-refractivity contribution is 6.01. The zero-order valence-corrected chi connectivity index (χ0v) is 22.9. The van der Waals surface area contributed by atoms with E-state index < -0.39 is 17.7 Å². The smallest absolute Gasteiger partial charge is 0.251 e. The molecular formula is C29H41N3O5. The molecule has 37 heavy (non-hydrogen) atoms. The Balaban J connectivity index is 1.75. The van der Waals surface area contributed by atoms with Crippen LogP contribution in [0.4, 0.5) is 0 Å². The Labute approximate surface area is 219 Å². The van der Waals surface area contributed by atoms with Crippen LogP contribution < -0.4 is 10.6 Å². The van der Waals surface area contributed by atoms with Gasteiger partial charge in [-0.25, -0.2) is 4.98 Å². The summed E-state index contributed by atoms with van der Waals surface area (Å²) in [6, 6.07) is 4.50. The van der Waals surface area contributed by atoms with E-state index in [2.05, 4.69) is 36.4 Å². The van der Waals surface area contributed by atoms with E-state index in [1.54, 1.807) is 18.3 Å². The van der Waals surface area contributed by atoms with Crippen LogP contribution in [0.5, 0.6) is 0 Å². The molecule has 3 N–H and O–H groups in total. The number of aliphatic hydroxyl groups is 1. The molecule has 1 amide bonds. The minimum absolute atomic E-state index is 0.0152. The Morgan fingerprint density at radius 3 is 2.57 bits per heavy atom. The van der Waals surface area contributed by atoms with Crippen LogP contribution in [0.2, 0.25) is 0 Å². The third-order valence-electron chi connectivity index (χ3n) is 6.43. The average molecular weight is 512 g/mol. The highest BCUT2D eigenvalue weighted by Crippen LogP contribution is 2.27. The Kier molecular flexibility index (Phi) is 9.45. The first-order valence-electron chi connectivity index (χ1n) is 13.0. The summed E-state index contributed by atoms with van der Waals surface area (Å²) in [5, 5.41) is 17.3. The molecule has 2 atom stereocenters. The SMILES string of the molecule is Cc1cc2cc(c1)C(=O)N[C@H]([C@H](O)CNC(C)(C)c1ncc(C(C)(C)C)o1)COC/C=C/CCCC2=O. The summed E-state index contributed by atoms with van der Waals surface area (Å²) >= 11 is 0. The molecule has 0 spiro atoms. The molecule has 0 saturated carbocycles. The van der Waals surface area contributed by atoms with Crippen LogP contribution in [0.25, 0.3) is 0 Å². The normalized spacial score (nSPS) is 20.0. The molecule has 1 aliphatic rings. The number of aliphatic hydroxyl groups excluding tert-OH is 1. The number of ether oxygens (including phenoxy) is 1. The number of oxazole rings is 1. The van der Waals surface area contributed by atoms with Crippen molar-refractivity contribution in [1.29, 1.82) is 0 Å². The lowest BCUT2D eigenvalue weighted by Gasteiger charge is -2.29. The monoisotopic (exact) mass is 511 g/mol. The van der Waals surface area contributed by atoms with Gasteiger partial charge in [-0.05, 0) is 57.4 Å². The van der Waals surface area contributed by atoms with Gasteiger partial charge in [-0.3, -0.25) is 9.59 Å². The van der Waals surface area contributed by atoms with Gasteiger partial charge in [0, 0.05) is 29.5 Å². The Morgan fingerprint density at radius 2 is 1.86 bits per heavy atom. The van der Waals surface area contributed by atoms with Gasteiger partial charge in [-0.2, -0.15) is 0 Å². The van der Waals surface area contributed by atoms with Crippen molar-refractivity contribution < 1.29 is 23.8 Å². The maximum Gasteiger partial charge on any atom is 0.251 e. The molecule has 3 rings (SSSR count). The van der Waals surface area contributed by atoms with Crippen molar-refractivity contribution in [3.8, 4) is 0 Å². The van der Waals surface area contributed by atoms with Crippen molar-refractivity contribution in [2.24, 2.45) is 0 Å². The van der Waals surface area contributed by atoms with E-state index in [-0.39, 0.29) is 30.3 Å². The van der Waals surface area contributed by atoms with Crippen LogP contribution in [-0.2, 0) is 15.7 Å². The maximum atomic E-state index is 13.2. The highest BCUT2D eigenvalue weighted by atomic mass is 16.5. The Morgan fingerprint density at radius 1 is 1.14 bits per heavy atom. The lowest BCUT2D eigenvalue weighted by Crippen LogP contribution is -2.52. The quantitative estimate of drug-likeness (QED) is 0.516. The Hall–Kier alpha value is -2.81. The standard InChI is InChI=1S/C29H41N3O5/c1-19-13-20-15-21(14-19)26(35)32-22(18-36-12-10-8-7-9-11-23(20)33)24(34)16-31-29(5,6)27-30-17-25(37-27)28(2,3)4/h8,10,13-15,17,22,24,31,34H,7,9,11-12,16,18H2,1-6H3,(H,32,35)/b10-8+/t22-,24+/m0/s1. The van der Waals surface area contributed by atoms with Gasteiger partial charge in [0.25, 0.3) is 5.91 Å². The zero-order chi connectivity index (χ0) is 27.2. The second-order valence-corrected chi connectivity index (χ2v) is 11.3. The topological polar surface area (TPSA) is 114 Å². The van der Waals surface area contributed by atoms with E-state index >= 15 is 0 Å². The fourth-order valence-corrected chi connectivity index (χ4v) is 4.04. The molecule has 202 valence electrons. The number of benzene rings is 1. The molecule has 2 heterocycles. The van der Waals surface area contributed by atoms with Crippen molar-refractivity contribution in [1.82, 2.24) is 15.6 Å². The molecule has 0 unspecified atom stereocenters. The summed E-state index contributed by atoms with van der Waals surface area (Å²) in [5.41, 5.74) is 0.932. The summed E-state index contributed by atoms with van der Waals surface area (Å²) in [6.07, 6.45) is 6.59. The van der Waals surface area contributed by atoms with Crippen molar-refractivity contribution >= 4 is 11.7 Å². The van der Waals surface area contributed by atoms with Gasteiger partial charge in [-0.15, -0.1) is 0 Å². The molecule has 1 aromatic carbocycles. The zero-order valence-electron chi connectivity index (χ0n) is 22.9. The van der Waals surface area contributed by atoms with E-state index in [1.165, 1.54) is 0 Å². The first kappa shape index (κ1) is 28.8. The number of Topliss-reactive ketones (excluding diaryl/α,β-unsaturated/α-hetero) is 1. The number of aryl methyl sites for hydroxylation is 1. The van der Waals surface area contributed by atoms with E-state index in [0.29, 0.717) is 30.0 Å². The second kappa shape index (κ2) is 12.2. The maximum absolute atomic E-state index is 13.2. The van der Waals surface area contributed by atoms with Gasteiger partial charge in [0.15, 0.2) is 5.78 Å². The summed E-state index contributed by atoms with van der Waals surface area (Å²) in [6.45, 7) is 12.5. The number of allylic oxidation sites excluding steroid dienone is 1. The van der Waals surface area contributed by atoms with Crippen LogP contribution in [-0.4, -0.2) is 53.7 Å².